The lowest BCUT2D eigenvalue weighted by Gasteiger charge is -2.26. The molecule has 3 N–H and O–H groups in total. The number of anilines is 1. The molecule has 1 saturated heterocycles. The van der Waals surface area contributed by atoms with Gasteiger partial charge in [-0.3, -0.25) is 10.2 Å². The van der Waals surface area contributed by atoms with Gasteiger partial charge in [-0.05, 0) is 24.3 Å². The number of morpholine rings is 1. The summed E-state index contributed by atoms with van der Waals surface area (Å²) in [7, 11) is 0. The molecule has 21 heavy (non-hydrogen) atoms. The van der Waals surface area contributed by atoms with E-state index in [2.05, 4.69) is 10.5 Å². The number of hydrazone groups is 1. The molecule has 1 fully saturated rings. The van der Waals surface area contributed by atoms with E-state index in [4.69, 9.17) is 22.7 Å². The quantitative estimate of drug-likeness (QED) is 0.487. The Bertz CT molecular complexity index is 556. The van der Waals surface area contributed by atoms with Crippen molar-refractivity contribution in [3.8, 4) is 0 Å². The van der Waals surface area contributed by atoms with E-state index < -0.39 is 0 Å². The molecule has 1 aromatic rings. The summed E-state index contributed by atoms with van der Waals surface area (Å²) in [5, 5.41) is 3.94. The van der Waals surface area contributed by atoms with Gasteiger partial charge in [0.2, 0.25) is 0 Å². The van der Waals surface area contributed by atoms with Crippen molar-refractivity contribution in [1.82, 2.24) is 4.90 Å². The fourth-order valence-electron chi connectivity index (χ4n) is 1.77. The lowest BCUT2D eigenvalue weighted by atomic mass is 10.3. The van der Waals surface area contributed by atoms with Crippen LogP contribution in [-0.2, 0) is 9.53 Å². The van der Waals surface area contributed by atoms with Crippen molar-refractivity contribution in [2.45, 2.75) is 0 Å². The number of amides is 1. The van der Waals surface area contributed by atoms with Crippen LogP contribution in [0.1, 0.15) is 0 Å². The minimum Gasteiger partial charge on any atom is -0.388 e. The Labute approximate surface area is 126 Å². The van der Waals surface area contributed by atoms with Gasteiger partial charge in [0.15, 0.2) is 5.71 Å². The first-order chi connectivity index (χ1) is 10.1. The zero-order valence-electron chi connectivity index (χ0n) is 11.2. The summed E-state index contributed by atoms with van der Waals surface area (Å²) in [5.74, 6) is -0.705. The van der Waals surface area contributed by atoms with E-state index in [-0.39, 0.29) is 22.4 Å². The minimum atomic E-state index is -0.358. The predicted molar refractivity (Wildman–Crippen MR) is 81.6 cm³/mol. The van der Waals surface area contributed by atoms with Gasteiger partial charge in [-0.1, -0.05) is 12.2 Å². The monoisotopic (exact) mass is 310 g/mol. The smallest absolute Gasteiger partial charge is 0.277 e. The van der Waals surface area contributed by atoms with Gasteiger partial charge in [0.25, 0.3) is 5.91 Å². The normalized spacial score (nSPS) is 15.7. The highest BCUT2D eigenvalue weighted by Gasteiger charge is 2.23. The second-order valence-electron chi connectivity index (χ2n) is 4.35. The number of halogens is 1. The average Bonchev–Trinajstić information content (AvgIpc) is 2.49. The van der Waals surface area contributed by atoms with Gasteiger partial charge < -0.3 is 15.4 Å². The van der Waals surface area contributed by atoms with Crippen LogP contribution in [0, 0.1) is 5.82 Å². The van der Waals surface area contributed by atoms with Crippen molar-refractivity contribution < 1.29 is 13.9 Å². The third-order valence-electron chi connectivity index (χ3n) is 2.88. The van der Waals surface area contributed by atoms with Crippen LogP contribution in [0.3, 0.4) is 0 Å². The number of ether oxygens (including phenoxy) is 1. The molecule has 1 aliphatic rings. The van der Waals surface area contributed by atoms with Crippen molar-refractivity contribution in [1.29, 1.82) is 0 Å². The van der Waals surface area contributed by atoms with Crippen LogP contribution in [0.5, 0.6) is 0 Å². The summed E-state index contributed by atoms with van der Waals surface area (Å²) >= 11 is 4.87. The molecule has 1 heterocycles. The van der Waals surface area contributed by atoms with E-state index in [0.717, 1.165) is 0 Å². The van der Waals surface area contributed by atoms with Gasteiger partial charge in [-0.2, -0.15) is 5.10 Å². The highest BCUT2D eigenvalue weighted by molar-refractivity contribution is 7.82. The summed E-state index contributed by atoms with van der Waals surface area (Å²) < 4.78 is 18.0. The van der Waals surface area contributed by atoms with Crippen LogP contribution in [0.2, 0.25) is 0 Å². The largest absolute Gasteiger partial charge is 0.388 e. The fourth-order valence-corrected chi connectivity index (χ4v) is 1.90. The van der Waals surface area contributed by atoms with Crippen LogP contribution in [0.25, 0.3) is 0 Å². The molecule has 0 radical (unpaired) electrons. The SMILES string of the molecule is NC(=S)C(=NNc1ccc(F)cc1)C(=O)N1CCOCC1. The highest BCUT2D eigenvalue weighted by atomic mass is 32.1. The Morgan fingerprint density at radius 2 is 1.95 bits per heavy atom. The van der Waals surface area contributed by atoms with E-state index >= 15 is 0 Å². The predicted octanol–water partition coefficient (Wildman–Crippen LogP) is 0.738. The molecule has 1 amide bonds. The molecule has 0 bridgehead atoms. The molecule has 1 aromatic carbocycles. The topological polar surface area (TPSA) is 79.9 Å². The fraction of sp³-hybridized carbons (Fsp3) is 0.308. The Morgan fingerprint density at radius 1 is 1.33 bits per heavy atom. The van der Waals surface area contributed by atoms with Crippen LogP contribution in [0.15, 0.2) is 29.4 Å². The molecular weight excluding hydrogens is 295 g/mol. The maximum absolute atomic E-state index is 12.8. The van der Waals surface area contributed by atoms with E-state index in [9.17, 15) is 9.18 Å². The zero-order chi connectivity index (χ0) is 15.2. The van der Waals surface area contributed by atoms with E-state index in [1.165, 1.54) is 24.3 Å². The maximum Gasteiger partial charge on any atom is 0.277 e. The Hall–Kier alpha value is -2.06. The second kappa shape index (κ2) is 7.09. The number of nitrogens with zero attached hydrogens (tertiary/aromatic N) is 2. The molecule has 1 aliphatic heterocycles. The Balaban J connectivity index is 2.10. The number of benzene rings is 1. The van der Waals surface area contributed by atoms with Crippen molar-refractivity contribution in [3.05, 3.63) is 30.1 Å². The molecule has 6 nitrogen and oxygen atoms in total. The summed E-state index contributed by atoms with van der Waals surface area (Å²) in [6.07, 6.45) is 0. The Morgan fingerprint density at radius 3 is 2.52 bits per heavy atom. The van der Waals surface area contributed by atoms with Crippen LogP contribution in [0.4, 0.5) is 10.1 Å². The summed E-state index contributed by atoms with van der Waals surface area (Å²) in [6.45, 7) is 1.89. The summed E-state index contributed by atoms with van der Waals surface area (Å²) in [4.78, 5) is 13.8. The highest BCUT2D eigenvalue weighted by Crippen LogP contribution is 2.08. The first-order valence-corrected chi connectivity index (χ1v) is 6.75. The standard InChI is InChI=1S/C13H15FN4O2S/c14-9-1-3-10(4-2-9)16-17-11(12(15)21)13(19)18-5-7-20-8-6-18/h1-4,16H,5-8H2,(H2,15,21). The van der Waals surface area contributed by atoms with Crippen molar-refractivity contribution >= 4 is 34.5 Å². The van der Waals surface area contributed by atoms with Crippen molar-refractivity contribution in [2.75, 3.05) is 31.7 Å². The first kappa shape index (κ1) is 15.3. The minimum absolute atomic E-state index is 0.0313. The molecule has 0 aliphatic carbocycles. The third-order valence-corrected chi connectivity index (χ3v) is 3.07. The lowest BCUT2D eigenvalue weighted by molar-refractivity contribution is -0.127. The van der Waals surface area contributed by atoms with E-state index in [1.54, 1.807) is 4.90 Å². The Kier molecular flexibility index (Phi) is 5.18. The molecular formula is C13H15FN4O2S. The second-order valence-corrected chi connectivity index (χ2v) is 4.79. The summed E-state index contributed by atoms with van der Waals surface area (Å²) in [6, 6.07) is 5.55. The average molecular weight is 310 g/mol. The van der Waals surface area contributed by atoms with Gasteiger partial charge in [0.1, 0.15) is 10.8 Å². The number of thiocarbonyl (C=S) groups is 1. The van der Waals surface area contributed by atoms with Gasteiger partial charge in [0.05, 0.1) is 18.9 Å². The van der Waals surface area contributed by atoms with Gasteiger partial charge in [-0.15, -0.1) is 0 Å². The number of nitrogens with two attached hydrogens (primary N) is 1. The number of nitrogens with one attached hydrogen (secondary N) is 1. The van der Waals surface area contributed by atoms with E-state index in [0.29, 0.717) is 32.0 Å². The van der Waals surface area contributed by atoms with Gasteiger partial charge in [0, 0.05) is 13.1 Å². The molecule has 0 saturated carbocycles. The number of rotatable bonds is 4. The molecule has 2 rings (SSSR count). The number of hydrogen-bond acceptors (Lipinski definition) is 5. The number of hydrogen-bond donors (Lipinski definition) is 2. The maximum atomic E-state index is 12.8. The molecule has 8 heteroatoms. The number of carbonyl (C=O) groups excluding carboxylic acids is 1. The van der Waals surface area contributed by atoms with Crippen molar-refractivity contribution in [2.24, 2.45) is 10.8 Å². The van der Waals surface area contributed by atoms with E-state index in [1.807, 2.05) is 0 Å². The third kappa shape index (κ3) is 4.20. The lowest BCUT2D eigenvalue weighted by Crippen LogP contribution is -2.47. The van der Waals surface area contributed by atoms with Gasteiger partial charge >= 0.3 is 0 Å². The van der Waals surface area contributed by atoms with Crippen LogP contribution in [-0.4, -0.2) is 47.8 Å². The van der Waals surface area contributed by atoms with Gasteiger partial charge in [-0.25, -0.2) is 4.39 Å². The zero-order valence-corrected chi connectivity index (χ0v) is 12.0. The molecule has 112 valence electrons. The van der Waals surface area contributed by atoms with Crippen molar-refractivity contribution in [3.63, 3.8) is 0 Å². The first-order valence-electron chi connectivity index (χ1n) is 6.34. The van der Waals surface area contributed by atoms with Crippen LogP contribution < -0.4 is 11.2 Å². The number of carbonyl (C=O) groups is 1. The molecule has 0 atom stereocenters. The summed E-state index contributed by atoms with van der Waals surface area (Å²) in [5.41, 5.74) is 8.70. The molecule has 0 aromatic heterocycles. The molecule has 0 spiro atoms. The molecule has 0 unspecified atom stereocenters. The van der Waals surface area contributed by atoms with Crippen LogP contribution >= 0.6 is 12.2 Å².